The Balaban J connectivity index is 1.57. The maximum atomic E-state index is 11.8. The summed E-state index contributed by atoms with van der Waals surface area (Å²) in [6.45, 7) is 1.70. The van der Waals surface area contributed by atoms with E-state index in [2.05, 4.69) is 20.9 Å². The van der Waals surface area contributed by atoms with Crippen molar-refractivity contribution < 1.29 is 8.42 Å². The predicted molar refractivity (Wildman–Crippen MR) is 132 cm³/mol. The Morgan fingerprint density at radius 3 is 2.65 bits per heavy atom. The van der Waals surface area contributed by atoms with Crippen molar-refractivity contribution in [3.63, 3.8) is 0 Å². The number of nitrogens with two attached hydrogens (primary N) is 2. The lowest BCUT2D eigenvalue weighted by molar-refractivity contribution is 0.505. The van der Waals surface area contributed by atoms with E-state index in [1.54, 1.807) is 30.5 Å². The highest BCUT2D eigenvalue weighted by Gasteiger charge is 2.21. The molecule has 0 amide bonds. The fraction of sp³-hybridized carbons (Fsp3) is 0.292. The summed E-state index contributed by atoms with van der Waals surface area (Å²) in [6, 6.07) is 9.01. The number of fused-ring (bicyclic) bond motifs is 1. The van der Waals surface area contributed by atoms with E-state index >= 15 is 0 Å². The molecule has 4 aromatic rings. The smallest absolute Gasteiger partial charge is 0.180 e. The predicted octanol–water partition coefficient (Wildman–Crippen LogP) is 2.30. The van der Waals surface area contributed by atoms with Crippen LogP contribution in [0.25, 0.3) is 16.9 Å². The van der Waals surface area contributed by atoms with Crippen LogP contribution in [0.4, 0.5) is 11.5 Å². The number of imidazole rings is 1. The van der Waals surface area contributed by atoms with Gasteiger partial charge in [0.25, 0.3) is 0 Å². The van der Waals surface area contributed by atoms with Gasteiger partial charge in [-0.25, -0.2) is 18.4 Å². The highest BCUT2D eigenvalue weighted by atomic mass is 32.2. The Hall–Kier alpha value is -3.50. The second-order valence-electron chi connectivity index (χ2n) is 8.78. The second kappa shape index (κ2) is 8.69. The number of hydrogen-bond acceptors (Lipinski definition) is 8. The lowest BCUT2D eigenvalue weighted by Crippen LogP contribution is -2.43. The molecule has 1 fully saturated rings. The van der Waals surface area contributed by atoms with Crippen molar-refractivity contribution in [1.29, 1.82) is 0 Å². The Morgan fingerprint density at radius 2 is 1.91 bits per heavy atom. The molecule has 0 bridgehead atoms. The summed E-state index contributed by atoms with van der Waals surface area (Å²) < 4.78 is 25.6. The third-order valence-corrected chi connectivity index (χ3v) is 7.37. The molecule has 1 saturated heterocycles. The summed E-state index contributed by atoms with van der Waals surface area (Å²) in [6.07, 6.45) is 11.1. The average Bonchev–Trinajstić information content (AvgIpc) is 3.23. The molecule has 0 saturated carbocycles. The van der Waals surface area contributed by atoms with Crippen LogP contribution in [0.3, 0.4) is 0 Å². The maximum Gasteiger partial charge on any atom is 0.180 e. The van der Waals surface area contributed by atoms with Crippen LogP contribution in [0.5, 0.6) is 0 Å². The zero-order valence-corrected chi connectivity index (χ0v) is 19.7. The number of nitrogen functional groups attached to an aromatic ring is 1. The average molecular weight is 478 g/mol. The highest BCUT2D eigenvalue weighted by Crippen LogP contribution is 2.30. The van der Waals surface area contributed by atoms with Crippen molar-refractivity contribution in [2.24, 2.45) is 5.73 Å². The van der Waals surface area contributed by atoms with E-state index in [0.29, 0.717) is 17.9 Å². The van der Waals surface area contributed by atoms with E-state index in [1.807, 2.05) is 23.0 Å². The molecule has 4 N–H and O–H groups in total. The molecular weight excluding hydrogens is 450 g/mol. The van der Waals surface area contributed by atoms with Crippen molar-refractivity contribution in [2.45, 2.75) is 30.2 Å². The van der Waals surface area contributed by atoms with Crippen LogP contribution in [-0.2, 0) is 16.3 Å². The number of piperidine rings is 1. The molecule has 3 aromatic heterocycles. The number of aromatic nitrogens is 4. The monoisotopic (exact) mass is 477 g/mol. The van der Waals surface area contributed by atoms with Crippen molar-refractivity contribution in [1.82, 2.24) is 19.4 Å². The molecule has 1 atom stereocenters. The first-order valence-corrected chi connectivity index (χ1v) is 13.0. The summed E-state index contributed by atoms with van der Waals surface area (Å²) in [7, 11) is -3.26. The van der Waals surface area contributed by atoms with E-state index in [1.165, 1.54) is 6.26 Å². The van der Waals surface area contributed by atoms with Gasteiger partial charge in [0.1, 0.15) is 0 Å². The van der Waals surface area contributed by atoms with Gasteiger partial charge in [0.2, 0.25) is 0 Å². The van der Waals surface area contributed by atoms with Gasteiger partial charge in [0, 0.05) is 61.7 Å². The van der Waals surface area contributed by atoms with Gasteiger partial charge in [-0.05, 0) is 36.6 Å². The van der Waals surface area contributed by atoms with Gasteiger partial charge in [-0.15, -0.1) is 0 Å². The van der Waals surface area contributed by atoms with Crippen molar-refractivity contribution >= 4 is 27.0 Å². The van der Waals surface area contributed by atoms with Crippen LogP contribution >= 0.6 is 0 Å². The lowest BCUT2D eigenvalue weighted by atomic mass is 10.0. The topological polar surface area (TPSA) is 132 Å². The van der Waals surface area contributed by atoms with Gasteiger partial charge in [0.05, 0.1) is 22.5 Å². The molecule has 0 unspecified atom stereocenters. The van der Waals surface area contributed by atoms with Crippen LogP contribution in [0.2, 0.25) is 0 Å². The van der Waals surface area contributed by atoms with Gasteiger partial charge >= 0.3 is 0 Å². The Bertz CT molecular complexity index is 1450. The quantitative estimate of drug-likeness (QED) is 0.447. The molecule has 34 heavy (non-hydrogen) atoms. The minimum absolute atomic E-state index is 0.131. The summed E-state index contributed by atoms with van der Waals surface area (Å²) >= 11 is 0. The zero-order valence-electron chi connectivity index (χ0n) is 18.9. The molecular formula is C24H27N7O2S. The van der Waals surface area contributed by atoms with Crippen molar-refractivity contribution in [3.05, 3.63) is 66.4 Å². The first-order chi connectivity index (χ1) is 16.3. The largest absolute Gasteiger partial charge is 0.381 e. The first kappa shape index (κ1) is 22.3. The minimum atomic E-state index is -3.26. The number of benzene rings is 1. The Kier molecular flexibility index (Phi) is 5.70. The Morgan fingerprint density at radius 1 is 1.12 bits per heavy atom. The molecule has 0 spiro atoms. The molecule has 0 aliphatic carbocycles. The number of rotatable bonds is 5. The van der Waals surface area contributed by atoms with E-state index in [-0.39, 0.29) is 10.9 Å². The fourth-order valence-corrected chi connectivity index (χ4v) is 5.12. The summed E-state index contributed by atoms with van der Waals surface area (Å²) in [4.78, 5) is 15.9. The van der Waals surface area contributed by atoms with Crippen LogP contribution in [-0.4, -0.2) is 53.2 Å². The van der Waals surface area contributed by atoms with Gasteiger partial charge in [0.15, 0.2) is 21.3 Å². The van der Waals surface area contributed by atoms with E-state index in [9.17, 15) is 8.42 Å². The van der Waals surface area contributed by atoms with Crippen LogP contribution < -0.4 is 16.4 Å². The fourth-order valence-electron chi connectivity index (χ4n) is 4.49. The number of anilines is 2. The maximum absolute atomic E-state index is 11.8. The van der Waals surface area contributed by atoms with Crippen LogP contribution in [0.15, 0.2) is 60.0 Å². The van der Waals surface area contributed by atoms with Gasteiger partial charge in [-0.2, -0.15) is 0 Å². The third-order valence-electron chi connectivity index (χ3n) is 6.25. The molecule has 10 heteroatoms. The number of sulfone groups is 1. The summed E-state index contributed by atoms with van der Waals surface area (Å²) in [5, 5.41) is 0. The summed E-state index contributed by atoms with van der Waals surface area (Å²) in [5.74, 6) is 0.386. The highest BCUT2D eigenvalue weighted by molar-refractivity contribution is 7.90. The number of nitrogens with zero attached hydrogens (tertiary/aromatic N) is 5. The molecule has 5 rings (SSSR count). The minimum Gasteiger partial charge on any atom is -0.381 e. The molecule has 1 aliphatic rings. The number of pyridine rings is 1. The normalized spacial score (nSPS) is 16.8. The third kappa shape index (κ3) is 4.34. The first-order valence-electron chi connectivity index (χ1n) is 11.2. The number of hydrogen-bond donors (Lipinski definition) is 2. The van der Waals surface area contributed by atoms with Crippen LogP contribution in [0, 0.1) is 0 Å². The van der Waals surface area contributed by atoms with Crippen molar-refractivity contribution in [3.8, 4) is 11.3 Å². The van der Waals surface area contributed by atoms with Gasteiger partial charge in [-0.3, -0.25) is 9.38 Å². The molecule has 0 radical (unpaired) electrons. The lowest BCUT2D eigenvalue weighted by Gasteiger charge is -2.34. The zero-order chi connectivity index (χ0) is 23.9. The molecule has 9 nitrogen and oxygen atoms in total. The summed E-state index contributed by atoms with van der Waals surface area (Å²) in [5.41, 5.74) is 17.6. The second-order valence-corrected chi connectivity index (χ2v) is 10.8. The standard InChI is InChI=1S/C24H27N7O2S/c1-34(32,33)20-6-4-16(5-7-20)21-12-17(22(14-28-21)30-9-2-3-18(25)15-30)11-19-13-29-24-23(26)27-8-10-31(19)24/h4-8,10,12-14,18H,2-3,9,11,15,25H2,1H3,(H2,26,27)/t18-/m1/s1. The molecule has 176 valence electrons. The van der Waals surface area contributed by atoms with E-state index in [0.717, 1.165) is 54.1 Å². The van der Waals surface area contributed by atoms with Gasteiger partial charge < -0.3 is 16.4 Å². The molecule has 1 aliphatic heterocycles. The van der Waals surface area contributed by atoms with Gasteiger partial charge in [-0.1, -0.05) is 12.1 Å². The van der Waals surface area contributed by atoms with E-state index < -0.39 is 9.84 Å². The van der Waals surface area contributed by atoms with Crippen molar-refractivity contribution in [2.75, 3.05) is 30.0 Å². The molecule has 4 heterocycles. The Labute approximate surface area is 198 Å². The van der Waals surface area contributed by atoms with E-state index in [4.69, 9.17) is 16.5 Å². The SMILES string of the molecule is CS(=O)(=O)c1ccc(-c2cc(Cc3cnc4c(N)nccn34)c(N3CCC[C@@H](N)C3)cn2)cc1. The molecule has 1 aromatic carbocycles. The van der Waals surface area contributed by atoms with Crippen LogP contribution in [0.1, 0.15) is 24.1 Å².